The van der Waals surface area contributed by atoms with Gasteiger partial charge in [0.25, 0.3) is 0 Å². The average molecular weight is 493 g/mol. The maximum Gasteiger partial charge on any atom is 0.338 e. The summed E-state index contributed by atoms with van der Waals surface area (Å²) in [4.78, 5) is 35.8. The van der Waals surface area contributed by atoms with Crippen LogP contribution in [0.3, 0.4) is 0 Å². The van der Waals surface area contributed by atoms with Gasteiger partial charge in [-0.25, -0.2) is 14.2 Å². The fourth-order valence-electron chi connectivity index (χ4n) is 3.81. The van der Waals surface area contributed by atoms with Gasteiger partial charge in [0.2, 0.25) is 0 Å². The van der Waals surface area contributed by atoms with Crippen molar-refractivity contribution in [2.75, 3.05) is 20.2 Å². The largest absolute Gasteiger partial charge is 0.466 e. The Labute approximate surface area is 184 Å². The highest BCUT2D eigenvalue weighted by molar-refractivity contribution is 9.10. The number of carbonyl (C=O) groups excluding carboxylic acids is 2. The molecule has 1 aromatic heterocycles. The van der Waals surface area contributed by atoms with Crippen LogP contribution in [-0.4, -0.2) is 48.2 Å². The topological polar surface area (TPSA) is 97.9 Å². The first kappa shape index (κ1) is 20.8. The molecule has 10 heteroatoms. The van der Waals surface area contributed by atoms with Crippen molar-refractivity contribution in [1.82, 2.24) is 9.88 Å². The predicted octanol–water partition coefficient (Wildman–Crippen LogP) is 2.82. The minimum Gasteiger partial charge on any atom is -0.466 e. The van der Waals surface area contributed by atoms with E-state index in [9.17, 15) is 14.0 Å². The van der Waals surface area contributed by atoms with Crippen LogP contribution in [0.5, 0.6) is 0 Å². The fraction of sp³-hybridized carbons (Fsp3) is 0.300. The average Bonchev–Trinajstić information content (AvgIpc) is 3.40. The molecule has 156 valence electrons. The summed E-state index contributed by atoms with van der Waals surface area (Å²) in [6, 6.07) is 3.47. The molecular weight excluding hydrogens is 475 g/mol. The number of halogens is 2. The van der Waals surface area contributed by atoms with E-state index in [2.05, 4.69) is 20.9 Å². The molecule has 4 rings (SSSR count). The molecule has 0 radical (unpaired) electrons. The lowest BCUT2D eigenvalue weighted by Crippen LogP contribution is -2.39. The molecule has 2 N–H and O–H groups in total. The van der Waals surface area contributed by atoms with E-state index in [0.29, 0.717) is 38.7 Å². The zero-order valence-electron chi connectivity index (χ0n) is 16.0. The molecule has 1 fully saturated rings. The molecule has 1 saturated heterocycles. The number of fused-ring (bicyclic) bond motifs is 1. The Hall–Kier alpha value is -2.43. The lowest BCUT2D eigenvalue weighted by Gasteiger charge is -2.31. The second-order valence-corrected chi connectivity index (χ2v) is 8.91. The number of esters is 1. The third-order valence-corrected chi connectivity index (χ3v) is 6.81. The second kappa shape index (κ2) is 8.01. The number of benzene rings is 1. The quantitative estimate of drug-likeness (QED) is 0.508. The minimum absolute atomic E-state index is 0.126. The first-order valence-corrected chi connectivity index (χ1v) is 10.8. The minimum atomic E-state index is -0.846. The van der Waals surface area contributed by atoms with Gasteiger partial charge in [-0.05, 0) is 17.7 Å². The van der Waals surface area contributed by atoms with E-state index in [-0.39, 0.29) is 13.0 Å². The van der Waals surface area contributed by atoms with Crippen molar-refractivity contribution in [1.29, 1.82) is 0 Å². The summed E-state index contributed by atoms with van der Waals surface area (Å²) in [5.74, 6) is -0.425. The van der Waals surface area contributed by atoms with Gasteiger partial charge in [0.05, 0.1) is 18.1 Å². The Kier molecular flexibility index (Phi) is 5.56. The summed E-state index contributed by atoms with van der Waals surface area (Å²) in [6.45, 7) is 0.416. The number of carbonyl (C=O) groups is 2. The zero-order chi connectivity index (χ0) is 21.5. The van der Waals surface area contributed by atoms with Gasteiger partial charge in [-0.3, -0.25) is 4.99 Å². The Bertz CT molecular complexity index is 1070. The third-order valence-electron chi connectivity index (χ3n) is 5.35. The Balaban J connectivity index is 1.96. The molecule has 3 heterocycles. The summed E-state index contributed by atoms with van der Waals surface area (Å²) in [5.41, 5.74) is 6.63. The van der Waals surface area contributed by atoms with E-state index in [1.54, 1.807) is 12.3 Å². The molecule has 0 bridgehead atoms. The van der Waals surface area contributed by atoms with E-state index < -0.39 is 23.2 Å². The van der Waals surface area contributed by atoms with Gasteiger partial charge in [0, 0.05) is 41.3 Å². The highest BCUT2D eigenvalue weighted by atomic mass is 79.9. The van der Waals surface area contributed by atoms with Gasteiger partial charge >= 0.3 is 5.97 Å². The molecule has 2 aromatic rings. The zero-order valence-corrected chi connectivity index (χ0v) is 18.4. The van der Waals surface area contributed by atoms with Crippen LogP contribution < -0.4 is 5.73 Å². The highest BCUT2D eigenvalue weighted by Crippen LogP contribution is 2.46. The number of methoxy groups -OCH3 is 1. The van der Waals surface area contributed by atoms with Gasteiger partial charge in [-0.2, -0.15) is 0 Å². The first-order valence-electron chi connectivity index (χ1n) is 9.11. The van der Waals surface area contributed by atoms with Crippen LogP contribution in [0.1, 0.15) is 23.0 Å². The van der Waals surface area contributed by atoms with Crippen LogP contribution in [0.25, 0.3) is 0 Å². The number of aldehydes is 1. The van der Waals surface area contributed by atoms with Crippen molar-refractivity contribution >= 4 is 45.4 Å². The maximum atomic E-state index is 13.7. The number of hydrogen-bond donors (Lipinski definition) is 1. The molecule has 30 heavy (non-hydrogen) atoms. The van der Waals surface area contributed by atoms with Crippen molar-refractivity contribution in [3.8, 4) is 0 Å². The van der Waals surface area contributed by atoms with Crippen LogP contribution in [0.4, 0.5) is 4.39 Å². The standard InChI is InChI=1S/C20H18BrFN4O3S/c1-29-19(28)15-14-7-20(8-23,10-27)9-26(14)17(18-24-4-5-30-18)25-16(15)12-3-2-11(22)6-13(12)21/h2-6,10,16H,7-9,23H2,1H3. The second-order valence-electron chi connectivity index (χ2n) is 7.16. The number of ether oxygens (including phenoxy) is 1. The molecule has 2 aliphatic heterocycles. The van der Waals surface area contributed by atoms with Gasteiger partial charge in [-0.15, -0.1) is 11.3 Å². The molecule has 0 spiro atoms. The summed E-state index contributed by atoms with van der Waals surface area (Å²) in [5, 5.41) is 2.48. The Morgan fingerprint density at radius 2 is 2.33 bits per heavy atom. The number of thiazole rings is 1. The van der Waals surface area contributed by atoms with Gasteiger partial charge in [0.15, 0.2) is 10.8 Å². The van der Waals surface area contributed by atoms with Crippen molar-refractivity contribution < 1.29 is 18.7 Å². The maximum absolute atomic E-state index is 13.7. The van der Waals surface area contributed by atoms with Gasteiger partial charge in [-0.1, -0.05) is 22.0 Å². The SMILES string of the molecule is COC(=O)C1=C2CC(C=O)(CN)CN2C(c2nccs2)=NC1c1ccc(F)cc1Br. The smallest absolute Gasteiger partial charge is 0.338 e. The van der Waals surface area contributed by atoms with Crippen LogP contribution in [0.2, 0.25) is 0 Å². The van der Waals surface area contributed by atoms with Gasteiger partial charge < -0.3 is 20.2 Å². The van der Waals surface area contributed by atoms with Crippen molar-refractivity contribution in [3.05, 3.63) is 61.9 Å². The number of aromatic nitrogens is 1. The number of amidine groups is 1. The third kappa shape index (κ3) is 3.38. The molecule has 0 amide bonds. The Morgan fingerprint density at radius 3 is 2.93 bits per heavy atom. The van der Waals surface area contributed by atoms with Crippen molar-refractivity contribution in [2.24, 2.45) is 16.1 Å². The summed E-state index contributed by atoms with van der Waals surface area (Å²) in [7, 11) is 1.29. The predicted molar refractivity (Wildman–Crippen MR) is 113 cm³/mol. The number of nitrogens with two attached hydrogens (primary N) is 1. The molecule has 2 unspecified atom stereocenters. The normalized spacial score (nSPS) is 23.3. The van der Waals surface area contributed by atoms with E-state index in [1.165, 1.54) is 30.6 Å². The number of nitrogens with zero attached hydrogens (tertiary/aromatic N) is 3. The molecule has 0 saturated carbocycles. The van der Waals surface area contributed by atoms with E-state index >= 15 is 0 Å². The van der Waals surface area contributed by atoms with Crippen LogP contribution >= 0.6 is 27.3 Å². The van der Waals surface area contributed by atoms with E-state index in [0.717, 1.165) is 6.29 Å². The number of allylic oxidation sites excluding steroid dienone is 1. The number of aliphatic imine (C=N–C) groups is 1. The lowest BCUT2D eigenvalue weighted by molar-refractivity contribution is -0.136. The monoisotopic (exact) mass is 492 g/mol. The molecule has 2 atom stereocenters. The van der Waals surface area contributed by atoms with E-state index in [4.69, 9.17) is 15.5 Å². The number of hydrogen-bond acceptors (Lipinski definition) is 8. The molecule has 7 nitrogen and oxygen atoms in total. The molecule has 1 aromatic carbocycles. The lowest BCUT2D eigenvalue weighted by atomic mass is 9.86. The van der Waals surface area contributed by atoms with Gasteiger partial charge in [0.1, 0.15) is 18.1 Å². The molecule has 0 aliphatic carbocycles. The summed E-state index contributed by atoms with van der Waals surface area (Å²) < 4.78 is 19.2. The van der Waals surface area contributed by atoms with E-state index in [1.807, 2.05) is 10.3 Å². The van der Waals surface area contributed by atoms with Crippen molar-refractivity contribution in [2.45, 2.75) is 12.5 Å². The van der Waals surface area contributed by atoms with Crippen molar-refractivity contribution in [3.63, 3.8) is 0 Å². The fourth-order valence-corrected chi connectivity index (χ4v) is 5.02. The van der Waals surface area contributed by atoms with Crippen LogP contribution in [0, 0.1) is 11.2 Å². The molecule has 2 aliphatic rings. The van der Waals surface area contributed by atoms with Crippen LogP contribution in [0.15, 0.2) is 50.5 Å². The summed E-state index contributed by atoms with van der Waals surface area (Å²) >= 11 is 4.78. The Morgan fingerprint density at radius 1 is 1.53 bits per heavy atom. The number of rotatable bonds is 5. The molecular formula is C20H18BrFN4O3S. The van der Waals surface area contributed by atoms with Crippen LogP contribution in [-0.2, 0) is 14.3 Å². The first-order chi connectivity index (χ1) is 14.4. The summed E-state index contributed by atoms with van der Waals surface area (Å²) in [6.07, 6.45) is 2.78. The highest BCUT2D eigenvalue weighted by Gasteiger charge is 2.48.